The van der Waals surface area contributed by atoms with E-state index in [0.717, 1.165) is 18.6 Å². The summed E-state index contributed by atoms with van der Waals surface area (Å²) in [5.74, 6) is 0. The van der Waals surface area contributed by atoms with Crippen molar-refractivity contribution in [3.05, 3.63) is 20.8 Å². The van der Waals surface area contributed by atoms with Gasteiger partial charge in [-0.2, -0.15) is 0 Å². The number of nitrogens with zero attached hydrogens (tertiary/aromatic N) is 1. The molecule has 1 saturated carbocycles. The van der Waals surface area contributed by atoms with Crippen LogP contribution < -0.4 is 5.32 Å². The van der Waals surface area contributed by atoms with Gasteiger partial charge >= 0.3 is 0 Å². The Labute approximate surface area is 116 Å². The van der Waals surface area contributed by atoms with Crippen molar-refractivity contribution in [3.63, 3.8) is 0 Å². The summed E-state index contributed by atoms with van der Waals surface area (Å²) in [5, 5.41) is 5.85. The molecule has 1 atom stereocenters. The van der Waals surface area contributed by atoms with E-state index >= 15 is 0 Å². The highest BCUT2D eigenvalue weighted by Gasteiger charge is 2.28. The molecule has 94 valence electrons. The molecule has 1 saturated heterocycles. The van der Waals surface area contributed by atoms with Crippen molar-refractivity contribution in [2.75, 3.05) is 13.1 Å². The Bertz CT molecular complexity index is 375. The molecule has 0 spiro atoms. The molecule has 1 aromatic rings. The van der Waals surface area contributed by atoms with Crippen molar-refractivity contribution >= 4 is 27.3 Å². The Kier molecular flexibility index (Phi) is 3.85. The first-order chi connectivity index (χ1) is 8.33. The van der Waals surface area contributed by atoms with E-state index in [1.165, 1.54) is 48.1 Å². The van der Waals surface area contributed by atoms with E-state index in [1.807, 2.05) is 11.3 Å². The van der Waals surface area contributed by atoms with Crippen molar-refractivity contribution in [1.82, 2.24) is 10.2 Å². The fourth-order valence-electron chi connectivity index (χ4n) is 2.55. The van der Waals surface area contributed by atoms with Crippen LogP contribution in [0.1, 0.15) is 30.6 Å². The number of hydrogen-bond acceptors (Lipinski definition) is 3. The average Bonchev–Trinajstić information content (AvgIpc) is 2.92. The summed E-state index contributed by atoms with van der Waals surface area (Å²) in [5.41, 5.74) is 0. The minimum Gasteiger partial charge on any atom is -0.312 e. The zero-order valence-corrected chi connectivity index (χ0v) is 12.4. The van der Waals surface area contributed by atoms with E-state index in [2.05, 4.69) is 37.6 Å². The van der Waals surface area contributed by atoms with Crippen LogP contribution in [0.3, 0.4) is 0 Å². The third-order valence-corrected chi connectivity index (χ3v) is 5.67. The van der Waals surface area contributed by atoms with Crippen LogP contribution in [0.2, 0.25) is 0 Å². The van der Waals surface area contributed by atoms with Gasteiger partial charge in [-0.1, -0.05) is 0 Å². The fraction of sp³-hybridized carbons (Fsp3) is 0.692. The highest BCUT2D eigenvalue weighted by molar-refractivity contribution is 9.10. The molecule has 4 heteroatoms. The highest BCUT2D eigenvalue weighted by Crippen LogP contribution is 2.28. The van der Waals surface area contributed by atoms with Crippen molar-refractivity contribution in [1.29, 1.82) is 0 Å². The number of rotatable bonds is 5. The molecular weight excluding hydrogens is 296 g/mol. The van der Waals surface area contributed by atoms with Gasteiger partial charge in [0.2, 0.25) is 0 Å². The Balaban J connectivity index is 1.55. The van der Waals surface area contributed by atoms with E-state index in [1.54, 1.807) is 0 Å². The normalized spacial score (nSPS) is 25.6. The molecule has 0 radical (unpaired) electrons. The van der Waals surface area contributed by atoms with Crippen LogP contribution >= 0.6 is 27.3 Å². The number of likely N-dealkylation sites (tertiary alicyclic amines) is 1. The van der Waals surface area contributed by atoms with Crippen molar-refractivity contribution in [2.24, 2.45) is 0 Å². The summed E-state index contributed by atoms with van der Waals surface area (Å²) >= 11 is 5.50. The number of hydrogen-bond donors (Lipinski definition) is 1. The van der Waals surface area contributed by atoms with Gasteiger partial charge in [0.25, 0.3) is 0 Å². The lowest BCUT2D eigenvalue weighted by Crippen LogP contribution is -2.38. The van der Waals surface area contributed by atoms with Gasteiger partial charge in [0.05, 0.1) is 0 Å². The van der Waals surface area contributed by atoms with Crippen LogP contribution in [0.4, 0.5) is 0 Å². The number of nitrogens with one attached hydrogen (secondary N) is 1. The van der Waals surface area contributed by atoms with Crippen molar-refractivity contribution in [2.45, 2.75) is 44.3 Å². The standard InChI is InChI=1S/C13H19BrN2S/c14-12-5-7-17-13(12)9-16-6-1-2-11(16)8-15-10-3-4-10/h5,7,10-11,15H,1-4,6,8-9H2. The molecule has 1 unspecified atom stereocenters. The molecule has 3 rings (SSSR count). The van der Waals surface area contributed by atoms with Gasteiger partial charge in [-0.25, -0.2) is 0 Å². The van der Waals surface area contributed by atoms with E-state index in [9.17, 15) is 0 Å². The highest BCUT2D eigenvalue weighted by atomic mass is 79.9. The lowest BCUT2D eigenvalue weighted by molar-refractivity contribution is 0.240. The van der Waals surface area contributed by atoms with Crippen LogP contribution in [0.15, 0.2) is 15.9 Å². The molecule has 1 N–H and O–H groups in total. The monoisotopic (exact) mass is 314 g/mol. The predicted molar refractivity (Wildman–Crippen MR) is 76.5 cm³/mol. The van der Waals surface area contributed by atoms with Crippen LogP contribution in [-0.4, -0.2) is 30.1 Å². The topological polar surface area (TPSA) is 15.3 Å². The molecule has 1 aromatic heterocycles. The van der Waals surface area contributed by atoms with Crippen LogP contribution in [0.5, 0.6) is 0 Å². The third kappa shape index (κ3) is 3.11. The van der Waals surface area contributed by atoms with Crippen molar-refractivity contribution < 1.29 is 0 Å². The molecule has 0 bridgehead atoms. The lowest BCUT2D eigenvalue weighted by Gasteiger charge is -2.24. The Morgan fingerprint density at radius 1 is 1.41 bits per heavy atom. The average molecular weight is 315 g/mol. The summed E-state index contributed by atoms with van der Waals surface area (Å²) < 4.78 is 1.28. The zero-order chi connectivity index (χ0) is 11.7. The fourth-order valence-corrected chi connectivity index (χ4v) is 4.05. The summed E-state index contributed by atoms with van der Waals surface area (Å²) in [7, 11) is 0. The maximum atomic E-state index is 3.67. The molecule has 17 heavy (non-hydrogen) atoms. The lowest BCUT2D eigenvalue weighted by atomic mass is 10.2. The first kappa shape index (κ1) is 12.2. The summed E-state index contributed by atoms with van der Waals surface area (Å²) in [6.45, 7) is 3.57. The smallest absolute Gasteiger partial charge is 0.0342 e. The van der Waals surface area contributed by atoms with Crippen LogP contribution in [-0.2, 0) is 6.54 Å². The molecular formula is C13H19BrN2S. The van der Waals surface area contributed by atoms with Crippen LogP contribution in [0.25, 0.3) is 0 Å². The SMILES string of the molecule is Brc1ccsc1CN1CCCC1CNC1CC1. The second-order valence-electron chi connectivity index (χ2n) is 5.14. The maximum absolute atomic E-state index is 3.67. The Morgan fingerprint density at radius 2 is 2.29 bits per heavy atom. The maximum Gasteiger partial charge on any atom is 0.0342 e. The third-order valence-electron chi connectivity index (χ3n) is 3.76. The largest absolute Gasteiger partial charge is 0.312 e. The molecule has 0 amide bonds. The molecule has 0 aromatic carbocycles. The quantitative estimate of drug-likeness (QED) is 0.897. The molecule has 2 nitrogen and oxygen atoms in total. The van der Waals surface area contributed by atoms with Crippen molar-refractivity contribution in [3.8, 4) is 0 Å². The van der Waals surface area contributed by atoms with Gasteiger partial charge in [0, 0.05) is 34.5 Å². The first-order valence-corrected chi connectivity index (χ1v) is 8.19. The van der Waals surface area contributed by atoms with Gasteiger partial charge in [0.15, 0.2) is 0 Å². The number of thiophene rings is 1. The summed E-state index contributed by atoms with van der Waals surface area (Å²) in [6.07, 6.45) is 5.51. The van der Waals surface area contributed by atoms with Gasteiger partial charge in [-0.15, -0.1) is 11.3 Å². The Hall–Kier alpha value is 0.1000. The minimum absolute atomic E-state index is 0.754. The van der Waals surface area contributed by atoms with Crippen LogP contribution in [0, 0.1) is 0 Å². The minimum atomic E-state index is 0.754. The van der Waals surface area contributed by atoms with E-state index in [0.29, 0.717) is 0 Å². The summed E-state index contributed by atoms with van der Waals surface area (Å²) in [6, 6.07) is 3.75. The number of halogens is 1. The molecule has 1 aliphatic carbocycles. The predicted octanol–water partition coefficient (Wildman–Crippen LogP) is 3.23. The molecule has 2 fully saturated rings. The second-order valence-corrected chi connectivity index (χ2v) is 7.00. The second kappa shape index (κ2) is 5.39. The zero-order valence-electron chi connectivity index (χ0n) is 9.99. The molecule has 1 aliphatic heterocycles. The van der Waals surface area contributed by atoms with E-state index in [-0.39, 0.29) is 0 Å². The molecule has 2 heterocycles. The first-order valence-electron chi connectivity index (χ1n) is 6.52. The molecule has 2 aliphatic rings. The van der Waals surface area contributed by atoms with Gasteiger partial charge in [-0.3, -0.25) is 4.90 Å². The Morgan fingerprint density at radius 3 is 3.00 bits per heavy atom. The van der Waals surface area contributed by atoms with E-state index < -0.39 is 0 Å². The summed E-state index contributed by atoms with van der Waals surface area (Å²) in [4.78, 5) is 4.12. The van der Waals surface area contributed by atoms with E-state index in [4.69, 9.17) is 0 Å². The van der Waals surface area contributed by atoms with Gasteiger partial charge < -0.3 is 5.32 Å². The van der Waals surface area contributed by atoms with Gasteiger partial charge in [-0.05, 0) is 59.6 Å². The van der Waals surface area contributed by atoms with Gasteiger partial charge in [0.1, 0.15) is 0 Å².